The smallest absolute Gasteiger partial charge is 0.194 e. The van der Waals surface area contributed by atoms with Gasteiger partial charge in [0.2, 0.25) is 0 Å². The van der Waals surface area contributed by atoms with Crippen LogP contribution in [0.4, 0.5) is 0 Å². The van der Waals surface area contributed by atoms with Crippen LogP contribution in [0.2, 0.25) is 0 Å². The molecule has 1 aromatic rings. The van der Waals surface area contributed by atoms with Gasteiger partial charge in [-0.2, -0.15) is 0 Å². The molecule has 1 unspecified atom stereocenters. The Labute approximate surface area is 153 Å². The number of likely N-dealkylation sites (tertiary alicyclic amines) is 1. The van der Waals surface area contributed by atoms with E-state index < -0.39 is 0 Å². The molecule has 2 aliphatic heterocycles. The Balaban J connectivity index is 0.00000176. The van der Waals surface area contributed by atoms with Gasteiger partial charge in [0.25, 0.3) is 0 Å². The largest absolute Gasteiger partial charge is 0.381 e. The van der Waals surface area contributed by atoms with Crippen molar-refractivity contribution < 1.29 is 4.74 Å². The zero-order valence-electron chi connectivity index (χ0n) is 13.5. The van der Waals surface area contributed by atoms with Gasteiger partial charge in [-0.1, -0.05) is 0 Å². The molecule has 1 aromatic heterocycles. The maximum absolute atomic E-state index is 5.59. The van der Waals surface area contributed by atoms with Crippen LogP contribution in [0.25, 0.3) is 0 Å². The molecule has 1 N–H and O–H groups in total. The molecule has 3 rings (SSSR count). The van der Waals surface area contributed by atoms with Crippen LogP contribution in [0.1, 0.15) is 28.4 Å². The van der Waals surface area contributed by atoms with E-state index in [1.807, 2.05) is 7.05 Å². The molecule has 0 aliphatic carbocycles. The van der Waals surface area contributed by atoms with Crippen molar-refractivity contribution in [1.82, 2.24) is 15.2 Å². The fourth-order valence-corrected chi connectivity index (χ4v) is 4.06. The molecule has 2 saturated heterocycles. The monoisotopic (exact) mass is 436 g/mol. The third-order valence-corrected chi connectivity index (χ3v) is 5.68. The second-order valence-electron chi connectivity index (χ2n) is 6.12. The zero-order chi connectivity index (χ0) is 14.9. The molecule has 0 saturated carbocycles. The summed E-state index contributed by atoms with van der Waals surface area (Å²) in [7, 11) is 1.86. The van der Waals surface area contributed by atoms with Gasteiger partial charge in [0.15, 0.2) is 5.96 Å². The minimum Gasteiger partial charge on any atom is -0.381 e. The van der Waals surface area contributed by atoms with Crippen LogP contribution in [-0.4, -0.2) is 49.2 Å². The highest BCUT2D eigenvalue weighted by atomic mass is 127. The van der Waals surface area contributed by atoms with Crippen molar-refractivity contribution in [3.05, 3.63) is 15.6 Å². The summed E-state index contributed by atoms with van der Waals surface area (Å²) in [6, 6.07) is 0. The lowest BCUT2D eigenvalue weighted by Crippen LogP contribution is -2.41. The molecule has 0 radical (unpaired) electrons. The molecule has 3 heterocycles. The Morgan fingerprint density at radius 2 is 2.27 bits per heavy atom. The van der Waals surface area contributed by atoms with Crippen LogP contribution in [0.3, 0.4) is 0 Å². The summed E-state index contributed by atoms with van der Waals surface area (Å²) >= 11 is 1.76. The lowest BCUT2D eigenvalue weighted by atomic mass is 9.87. The highest BCUT2D eigenvalue weighted by Gasteiger charge is 2.42. The molecule has 7 heteroatoms. The number of aromatic nitrogens is 1. The van der Waals surface area contributed by atoms with Crippen molar-refractivity contribution in [2.24, 2.45) is 10.4 Å². The van der Waals surface area contributed by atoms with E-state index in [1.54, 1.807) is 11.3 Å². The van der Waals surface area contributed by atoms with Crippen LogP contribution >= 0.6 is 35.3 Å². The third kappa shape index (κ3) is 3.73. The number of halogens is 1. The van der Waals surface area contributed by atoms with Crippen LogP contribution in [0.15, 0.2) is 4.99 Å². The van der Waals surface area contributed by atoms with Gasteiger partial charge in [-0.3, -0.25) is 4.99 Å². The molecule has 2 fully saturated rings. The first-order valence-electron chi connectivity index (χ1n) is 7.58. The first-order valence-corrected chi connectivity index (χ1v) is 8.40. The van der Waals surface area contributed by atoms with Gasteiger partial charge >= 0.3 is 0 Å². The summed E-state index contributed by atoms with van der Waals surface area (Å²) in [5.41, 5.74) is 1.50. The van der Waals surface area contributed by atoms with Gasteiger partial charge in [0.05, 0.1) is 18.8 Å². The Hall–Kier alpha value is -0.410. The Morgan fingerprint density at radius 3 is 2.86 bits per heavy atom. The molecular weight excluding hydrogens is 411 g/mol. The number of guanidine groups is 1. The van der Waals surface area contributed by atoms with E-state index in [9.17, 15) is 0 Å². The van der Waals surface area contributed by atoms with Gasteiger partial charge in [-0.25, -0.2) is 4.98 Å². The second-order valence-corrected chi connectivity index (χ2v) is 7.41. The van der Waals surface area contributed by atoms with Crippen molar-refractivity contribution in [3.63, 3.8) is 0 Å². The van der Waals surface area contributed by atoms with E-state index in [4.69, 9.17) is 4.74 Å². The number of thiazole rings is 1. The van der Waals surface area contributed by atoms with E-state index in [2.05, 4.69) is 34.0 Å². The van der Waals surface area contributed by atoms with Crippen molar-refractivity contribution >= 4 is 41.3 Å². The molecule has 1 spiro atoms. The number of aryl methyl sites for hydroxylation is 2. The van der Waals surface area contributed by atoms with Gasteiger partial charge in [0, 0.05) is 37.0 Å². The highest BCUT2D eigenvalue weighted by Crippen LogP contribution is 2.38. The van der Waals surface area contributed by atoms with E-state index in [-0.39, 0.29) is 24.0 Å². The number of rotatable bonds is 2. The number of hydrogen-bond donors (Lipinski definition) is 1. The standard InChI is InChI=1S/C15H24N4OS.HI/c1-11-12(2)21-13(18-11)8-17-14(16-3)19-6-4-15(9-19)5-7-20-10-15;/h4-10H2,1-3H3,(H,16,17);1H. The Bertz CT molecular complexity index is 520. The Kier molecular flexibility index (Phi) is 6.07. The zero-order valence-corrected chi connectivity index (χ0v) is 16.7. The summed E-state index contributed by atoms with van der Waals surface area (Å²) in [6.07, 6.45) is 2.40. The molecule has 0 amide bonds. The molecule has 2 aliphatic rings. The fraction of sp³-hybridized carbons (Fsp3) is 0.733. The number of nitrogens with zero attached hydrogens (tertiary/aromatic N) is 3. The maximum Gasteiger partial charge on any atom is 0.194 e. The van der Waals surface area contributed by atoms with Crippen molar-refractivity contribution in [2.45, 2.75) is 33.2 Å². The molecule has 22 heavy (non-hydrogen) atoms. The van der Waals surface area contributed by atoms with Gasteiger partial charge in [-0.15, -0.1) is 35.3 Å². The topological polar surface area (TPSA) is 49.8 Å². The van der Waals surface area contributed by atoms with E-state index in [1.165, 1.54) is 17.7 Å². The number of hydrogen-bond acceptors (Lipinski definition) is 4. The molecule has 0 aromatic carbocycles. The van der Waals surface area contributed by atoms with Crippen LogP contribution < -0.4 is 5.32 Å². The maximum atomic E-state index is 5.59. The van der Waals surface area contributed by atoms with E-state index in [0.29, 0.717) is 5.41 Å². The molecule has 1 atom stereocenters. The van der Waals surface area contributed by atoms with Crippen LogP contribution in [0.5, 0.6) is 0 Å². The van der Waals surface area contributed by atoms with E-state index >= 15 is 0 Å². The molecule has 124 valence electrons. The summed E-state index contributed by atoms with van der Waals surface area (Å²) < 4.78 is 5.59. The molecule has 0 bridgehead atoms. The predicted molar refractivity (Wildman–Crippen MR) is 101 cm³/mol. The first-order chi connectivity index (χ1) is 10.1. The molecule has 5 nitrogen and oxygen atoms in total. The Morgan fingerprint density at radius 1 is 1.45 bits per heavy atom. The second kappa shape index (κ2) is 7.44. The average Bonchev–Trinajstić information content (AvgIpc) is 3.16. The minimum absolute atomic E-state index is 0. The van der Waals surface area contributed by atoms with Gasteiger partial charge < -0.3 is 15.0 Å². The van der Waals surface area contributed by atoms with Crippen LogP contribution in [-0.2, 0) is 11.3 Å². The average molecular weight is 436 g/mol. The fourth-order valence-electron chi connectivity index (χ4n) is 3.19. The van der Waals surface area contributed by atoms with Crippen LogP contribution in [0, 0.1) is 19.3 Å². The summed E-state index contributed by atoms with van der Waals surface area (Å²) in [4.78, 5) is 12.7. The van der Waals surface area contributed by atoms with Crippen molar-refractivity contribution in [1.29, 1.82) is 0 Å². The summed E-state index contributed by atoms with van der Waals surface area (Å²) in [5, 5.41) is 4.59. The highest BCUT2D eigenvalue weighted by molar-refractivity contribution is 14.0. The van der Waals surface area contributed by atoms with Crippen molar-refractivity contribution in [2.75, 3.05) is 33.4 Å². The van der Waals surface area contributed by atoms with Gasteiger partial charge in [0.1, 0.15) is 5.01 Å². The van der Waals surface area contributed by atoms with Gasteiger partial charge in [-0.05, 0) is 26.7 Å². The summed E-state index contributed by atoms with van der Waals surface area (Å²) in [5.74, 6) is 0.990. The molecular formula is C15H25IN4OS. The lowest BCUT2D eigenvalue weighted by Gasteiger charge is -2.24. The van der Waals surface area contributed by atoms with E-state index in [0.717, 1.165) is 49.5 Å². The summed E-state index contributed by atoms with van der Waals surface area (Å²) in [6.45, 7) is 8.89. The quantitative estimate of drug-likeness (QED) is 0.440. The lowest BCUT2D eigenvalue weighted by molar-refractivity contribution is 0.156. The predicted octanol–water partition coefficient (Wildman–Crippen LogP) is 2.57. The van der Waals surface area contributed by atoms with Crippen molar-refractivity contribution in [3.8, 4) is 0 Å². The third-order valence-electron chi connectivity index (χ3n) is 4.61. The number of aliphatic imine (C=N–C) groups is 1. The normalized spacial score (nSPS) is 24.9. The number of nitrogens with one attached hydrogen (secondary N) is 1. The SMILES string of the molecule is CN=C(NCc1nc(C)c(C)s1)N1CCC2(CCOC2)C1.I. The minimum atomic E-state index is 0. The number of ether oxygens (including phenoxy) is 1. The first kappa shape index (κ1) is 17.9.